The first-order valence-corrected chi connectivity index (χ1v) is 6.76. The number of benzene rings is 1. The summed E-state index contributed by atoms with van der Waals surface area (Å²) >= 11 is 3.42. The van der Waals surface area contributed by atoms with E-state index in [9.17, 15) is 4.79 Å². The summed E-state index contributed by atoms with van der Waals surface area (Å²) in [5.41, 5.74) is 7.15. The molecule has 3 N–H and O–H groups in total. The third kappa shape index (κ3) is 2.52. The first-order chi connectivity index (χ1) is 8.48. The van der Waals surface area contributed by atoms with Gasteiger partial charge < -0.3 is 16.0 Å². The Morgan fingerprint density at radius 2 is 2.17 bits per heavy atom. The fraction of sp³-hybridized carbons (Fsp3) is 0.462. The maximum Gasteiger partial charge on any atom is 0.231 e. The molecule has 1 aromatic carbocycles. The van der Waals surface area contributed by atoms with E-state index in [1.54, 1.807) is 0 Å². The van der Waals surface area contributed by atoms with Gasteiger partial charge in [0.15, 0.2) is 0 Å². The standard InChI is InChI=1S/C13H18BrN3O/c1-17(2)11-4-3-9(14)7-10(11)16-12(18)13(8-15)5-6-13/h3-4,7H,5-6,8,15H2,1-2H3,(H,16,18). The number of amides is 1. The first-order valence-electron chi connectivity index (χ1n) is 5.97. The maximum absolute atomic E-state index is 12.2. The van der Waals surface area contributed by atoms with Crippen LogP contribution in [0.25, 0.3) is 0 Å². The molecule has 0 heterocycles. The molecular formula is C13H18BrN3O. The Morgan fingerprint density at radius 3 is 2.67 bits per heavy atom. The number of hydrogen-bond acceptors (Lipinski definition) is 3. The summed E-state index contributed by atoms with van der Waals surface area (Å²) in [5.74, 6) is 0.0335. The lowest BCUT2D eigenvalue weighted by molar-refractivity contribution is -0.120. The number of carbonyl (C=O) groups is 1. The van der Waals surface area contributed by atoms with Crippen LogP contribution in [-0.4, -0.2) is 26.5 Å². The fourth-order valence-electron chi connectivity index (χ4n) is 1.93. The maximum atomic E-state index is 12.2. The molecular weight excluding hydrogens is 294 g/mol. The molecule has 0 aromatic heterocycles. The van der Waals surface area contributed by atoms with Gasteiger partial charge >= 0.3 is 0 Å². The van der Waals surface area contributed by atoms with E-state index in [1.807, 2.05) is 37.2 Å². The third-order valence-corrected chi connectivity index (χ3v) is 3.91. The monoisotopic (exact) mass is 311 g/mol. The Balaban J connectivity index is 2.23. The Kier molecular flexibility index (Phi) is 3.64. The second-order valence-electron chi connectivity index (χ2n) is 4.99. The van der Waals surface area contributed by atoms with E-state index >= 15 is 0 Å². The van der Waals surface area contributed by atoms with Crippen LogP contribution in [0, 0.1) is 5.41 Å². The Labute approximate surface area is 116 Å². The molecule has 98 valence electrons. The zero-order valence-electron chi connectivity index (χ0n) is 10.7. The highest BCUT2D eigenvalue weighted by Gasteiger charge is 2.48. The minimum atomic E-state index is -0.327. The topological polar surface area (TPSA) is 58.4 Å². The van der Waals surface area contributed by atoms with Crippen molar-refractivity contribution in [1.29, 1.82) is 0 Å². The molecule has 0 saturated heterocycles. The lowest BCUT2D eigenvalue weighted by atomic mass is 10.1. The molecule has 0 atom stereocenters. The molecule has 2 rings (SSSR count). The van der Waals surface area contributed by atoms with E-state index in [0.717, 1.165) is 28.7 Å². The van der Waals surface area contributed by atoms with E-state index < -0.39 is 0 Å². The Hall–Kier alpha value is -1.07. The molecule has 1 amide bonds. The average Bonchev–Trinajstić information content (AvgIpc) is 3.09. The Morgan fingerprint density at radius 1 is 1.50 bits per heavy atom. The lowest BCUT2D eigenvalue weighted by Gasteiger charge is -2.20. The van der Waals surface area contributed by atoms with E-state index in [1.165, 1.54) is 0 Å². The number of nitrogens with zero attached hydrogens (tertiary/aromatic N) is 1. The molecule has 0 bridgehead atoms. The van der Waals surface area contributed by atoms with Crippen molar-refractivity contribution in [3.05, 3.63) is 22.7 Å². The van der Waals surface area contributed by atoms with Crippen LogP contribution in [0.5, 0.6) is 0 Å². The van der Waals surface area contributed by atoms with Crippen LogP contribution in [0.2, 0.25) is 0 Å². The van der Waals surface area contributed by atoms with Gasteiger partial charge in [0.2, 0.25) is 5.91 Å². The van der Waals surface area contributed by atoms with Crippen molar-refractivity contribution in [3.8, 4) is 0 Å². The molecule has 5 heteroatoms. The summed E-state index contributed by atoms with van der Waals surface area (Å²) in [6, 6.07) is 5.85. The van der Waals surface area contributed by atoms with Crippen molar-refractivity contribution in [2.45, 2.75) is 12.8 Å². The van der Waals surface area contributed by atoms with Gasteiger partial charge in [0.1, 0.15) is 0 Å². The van der Waals surface area contributed by atoms with Gasteiger partial charge in [0, 0.05) is 25.1 Å². The van der Waals surface area contributed by atoms with Crippen LogP contribution in [0.15, 0.2) is 22.7 Å². The minimum Gasteiger partial charge on any atom is -0.376 e. The summed E-state index contributed by atoms with van der Waals surface area (Å²) in [7, 11) is 3.91. The molecule has 18 heavy (non-hydrogen) atoms. The number of rotatable bonds is 4. The number of hydrogen-bond donors (Lipinski definition) is 2. The lowest BCUT2D eigenvalue weighted by Crippen LogP contribution is -2.31. The molecule has 1 fully saturated rings. The molecule has 0 unspecified atom stereocenters. The van der Waals surface area contributed by atoms with Crippen LogP contribution < -0.4 is 16.0 Å². The van der Waals surface area contributed by atoms with Crippen molar-refractivity contribution < 1.29 is 4.79 Å². The van der Waals surface area contributed by atoms with Gasteiger partial charge in [-0.15, -0.1) is 0 Å². The third-order valence-electron chi connectivity index (χ3n) is 3.41. The van der Waals surface area contributed by atoms with Crippen LogP contribution >= 0.6 is 15.9 Å². The predicted molar refractivity (Wildman–Crippen MR) is 77.8 cm³/mol. The normalized spacial score (nSPS) is 16.2. The SMILES string of the molecule is CN(C)c1ccc(Br)cc1NC(=O)C1(CN)CC1. The molecule has 0 aliphatic heterocycles. The summed E-state index contributed by atoms with van der Waals surface area (Å²) in [4.78, 5) is 14.2. The highest BCUT2D eigenvalue weighted by atomic mass is 79.9. The quantitative estimate of drug-likeness (QED) is 0.896. The van der Waals surface area contributed by atoms with Crippen molar-refractivity contribution >= 4 is 33.2 Å². The molecule has 1 aliphatic rings. The van der Waals surface area contributed by atoms with Gasteiger partial charge in [-0.3, -0.25) is 4.79 Å². The summed E-state index contributed by atoms with van der Waals surface area (Å²) in [5, 5.41) is 3.00. The number of nitrogens with one attached hydrogen (secondary N) is 1. The van der Waals surface area contributed by atoms with Crippen molar-refractivity contribution in [1.82, 2.24) is 0 Å². The number of anilines is 2. The van der Waals surface area contributed by atoms with Crippen molar-refractivity contribution in [2.75, 3.05) is 30.9 Å². The second-order valence-corrected chi connectivity index (χ2v) is 5.91. The van der Waals surface area contributed by atoms with E-state index in [-0.39, 0.29) is 11.3 Å². The number of halogens is 1. The average molecular weight is 312 g/mol. The predicted octanol–water partition coefficient (Wildman–Crippen LogP) is 2.19. The molecule has 1 aromatic rings. The highest BCUT2D eigenvalue weighted by molar-refractivity contribution is 9.10. The minimum absolute atomic E-state index is 0.0335. The van der Waals surface area contributed by atoms with Crippen molar-refractivity contribution in [2.24, 2.45) is 11.1 Å². The summed E-state index contributed by atoms with van der Waals surface area (Å²) in [6.07, 6.45) is 1.78. The molecule has 1 aliphatic carbocycles. The van der Waals surface area contributed by atoms with E-state index in [0.29, 0.717) is 6.54 Å². The molecule has 0 spiro atoms. The fourth-order valence-corrected chi connectivity index (χ4v) is 2.29. The van der Waals surface area contributed by atoms with E-state index in [4.69, 9.17) is 5.73 Å². The van der Waals surface area contributed by atoms with Crippen molar-refractivity contribution in [3.63, 3.8) is 0 Å². The highest BCUT2D eigenvalue weighted by Crippen LogP contribution is 2.45. The van der Waals surface area contributed by atoms with Gasteiger partial charge in [-0.25, -0.2) is 0 Å². The zero-order valence-corrected chi connectivity index (χ0v) is 12.3. The zero-order chi connectivity index (χ0) is 13.3. The van der Waals surface area contributed by atoms with Crippen LogP contribution in [0.4, 0.5) is 11.4 Å². The largest absolute Gasteiger partial charge is 0.376 e. The molecule has 4 nitrogen and oxygen atoms in total. The summed E-state index contributed by atoms with van der Waals surface area (Å²) < 4.78 is 0.945. The smallest absolute Gasteiger partial charge is 0.231 e. The van der Waals surface area contributed by atoms with Gasteiger partial charge in [-0.1, -0.05) is 15.9 Å². The molecule has 0 radical (unpaired) electrons. The van der Waals surface area contributed by atoms with Gasteiger partial charge in [0.05, 0.1) is 16.8 Å². The van der Waals surface area contributed by atoms with Gasteiger partial charge in [0.25, 0.3) is 0 Å². The van der Waals surface area contributed by atoms with Crippen LogP contribution in [0.3, 0.4) is 0 Å². The van der Waals surface area contributed by atoms with Crippen LogP contribution in [-0.2, 0) is 4.79 Å². The number of carbonyl (C=O) groups excluding carboxylic acids is 1. The van der Waals surface area contributed by atoms with Gasteiger partial charge in [-0.05, 0) is 31.0 Å². The second kappa shape index (κ2) is 4.90. The van der Waals surface area contributed by atoms with E-state index in [2.05, 4.69) is 21.2 Å². The first kappa shape index (κ1) is 13.4. The summed E-state index contributed by atoms with van der Waals surface area (Å²) in [6.45, 7) is 0.421. The Bertz CT molecular complexity index is 469. The van der Waals surface area contributed by atoms with Gasteiger partial charge in [-0.2, -0.15) is 0 Å². The molecule has 1 saturated carbocycles. The van der Waals surface area contributed by atoms with Crippen LogP contribution in [0.1, 0.15) is 12.8 Å². The number of nitrogens with two attached hydrogens (primary N) is 1.